The predicted octanol–water partition coefficient (Wildman–Crippen LogP) is 1.36. The van der Waals surface area contributed by atoms with Crippen LogP contribution in [0.4, 0.5) is 0 Å². The van der Waals surface area contributed by atoms with Crippen LogP contribution in [0.2, 0.25) is 0 Å². The third-order valence-corrected chi connectivity index (χ3v) is 2.91. The molecule has 0 atom stereocenters. The summed E-state index contributed by atoms with van der Waals surface area (Å²) in [5.74, 6) is 0. The van der Waals surface area contributed by atoms with E-state index in [0.717, 1.165) is 16.8 Å². The molecular formula is C10H11NS. The Bertz CT molecular complexity index is 437. The average Bonchev–Trinajstić information content (AvgIpc) is 2.31. The van der Waals surface area contributed by atoms with Gasteiger partial charge in [-0.2, -0.15) is 0 Å². The van der Waals surface area contributed by atoms with Gasteiger partial charge in [0.05, 0.1) is 14.9 Å². The molecule has 0 N–H and O–H groups in total. The van der Waals surface area contributed by atoms with Crippen molar-refractivity contribution in [3.05, 3.63) is 26.5 Å². The van der Waals surface area contributed by atoms with E-state index in [-0.39, 0.29) is 0 Å². The van der Waals surface area contributed by atoms with Gasteiger partial charge in [0.25, 0.3) is 0 Å². The highest BCUT2D eigenvalue weighted by molar-refractivity contribution is 7.09. The number of aromatic nitrogens is 1. The number of aryl methyl sites for hydroxylation is 1. The van der Waals surface area contributed by atoms with Crippen LogP contribution < -0.4 is 9.88 Å². The van der Waals surface area contributed by atoms with Gasteiger partial charge >= 0.3 is 0 Å². The van der Waals surface area contributed by atoms with Crippen molar-refractivity contribution < 1.29 is 0 Å². The summed E-state index contributed by atoms with van der Waals surface area (Å²) in [6, 6.07) is 0. The number of fused-ring (bicyclic) bond motifs is 1. The number of nitrogens with zero attached hydrogens (tertiary/aromatic N) is 1. The molecule has 1 heterocycles. The van der Waals surface area contributed by atoms with Crippen molar-refractivity contribution in [1.29, 1.82) is 0 Å². The van der Waals surface area contributed by atoms with Gasteiger partial charge in [-0.1, -0.05) is 17.7 Å². The van der Waals surface area contributed by atoms with Crippen LogP contribution in [0, 0.1) is 6.92 Å². The lowest BCUT2D eigenvalue weighted by atomic mass is 10.2. The quantitative estimate of drug-likeness (QED) is 0.583. The third kappa shape index (κ3) is 1.34. The summed E-state index contributed by atoms with van der Waals surface area (Å²) >= 11 is 1.77. The highest BCUT2D eigenvalue weighted by atomic mass is 32.1. The monoisotopic (exact) mass is 177 g/mol. The molecule has 0 saturated carbocycles. The van der Waals surface area contributed by atoms with E-state index in [4.69, 9.17) is 0 Å². The van der Waals surface area contributed by atoms with Crippen LogP contribution in [-0.2, 0) is 0 Å². The van der Waals surface area contributed by atoms with Crippen LogP contribution in [0.15, 0.2) is 11.6 Å². The summed E-state index contributed by atoms with van der Waals surface area (Å²) in [4.78, 5) is 4.43. The molecular weight excluding hydrogens is 166 g/mol. The Morgan fingerprint density at radius 2 is 2.17 bits per heavy atom. The van der Waals surface area contributed by atoms with Crippen LogP contribution in [0.5, 0.6) is 0 Å². The fourth-order valence-corrected chi connectivity index (χ4v) is 2.11. The zero-order valence-corrected chi connectivity index (χ0v) is 8.11. The number of hydrogen-bond acceptors (Lipinski definition) is 2. The molecule has 12 heavy (non-hydrogen) atoms. The van der Waals surface area contributed by atoms with E-state index in [9.17, 15) is 0 Å². The lowest BCUT2D eigenvalue weighted by Crippen LogP contribution is -2.19. The van der Waals surface area contributed by atoms with Gasteiger partial charge in [0.15, 0.2) is 0 Å². The molecule has 2 rings (SSSR count). The molecule has 0 spiro atoms. The smallest absolute Gasteiger partial charge is 0.0907 e. The summed E-state index contributed by atoms with van der Waals surface area (Å²) in [6.45, 7) is 4.20. The van der Waals surface area contributed by atoms with E-state index in [1.165, 1.54) is 10.1 Å². The second kappa shape index (κ2) is 2.87. The van der Waals surface area contributed by atoms with Crippen molar-refractivity contribution in [3.8, 4) is 0 Å². The van der Waals surface area contributed by atoms with Crippen molar-refractivity contribution in [2.75, 3.05) is 0 Å². The third-order valence-electron chi connectivity index (χ3n) is 1.92. The van der Waals surface area contributed by atoms with Crippen molar-refractivity contribution >= 4 is 23.5 Å². The standard InChI is InChI=1S/C10H11NS/c1-7-3-5-9-10(6-4-7)12-8(2)11-9/h3,5-6H,4H2,1-2H3. The van der Waals surface area contributed by atoms with Crippen LogP contribution in [0.1, 0.15) is 18.4 Å². The number of allylic oxidation sites excluding steroid dienone is 2. The number of rotatable bonds is 0. The Labute approximate surface area is 75.8 Å². The minimum absolute atomic E-state index is 1.06. The molecule has 0 aliphatic heterocycles. The van der Waals surface area contributed by atoms with Crippen molar-refractivity contribution in [3.63, 3.8) is 0 Å². The maximum Gasteiger partial charge on any atom is 0.0907 e. The molecule has 1 aliphatic rings. The van der Waals surface area contributed by atoms with Gasteiger partial charge in [-0.25, -0.2) is 4.98 Å². The van der Waals surface area contributed by atoms with Crippen LogP contribution >= 0.6 is 11.3 Å². The Balaban J connectivity index is 2.70. The molecule has 0 aromatic carbocycles. The first-order chi connectivity index (χ1) is 5.75. The number of thiazole rings is 1. The molecule has 1 nitrogen and oxygen atoms in total. The molecule has 1 aromatic rings. The first-order valence-corrected chi connectivity index (χ1v) is 4.88. The van der Waals surface area contributed by atoms with Crippen LogP contribution in [-0.4, -0.2) is 4.98 Å². The summed E-state index contributed by atoms with van der Waals surface area (Å²) in [5, 5.41) is 2.29. The largest absolute Gasteiger partial charge is 0.242 e. The molecule has 0 amide bonds. The van der Waals surface area contributed by atoms with Gasteiger partial charge in [0, 0.05) is 0 Å². The maximum atomic E-state index is 4.43. The molecule has 62 valence electrons. The van der Waals surface area contributed by atoms with Crippen LogP contribution in [0.25, 0.3) is 12.2 Å². The van der Waals surface area contributed by atoms with Gasteiger partial charge in [-0.3, -0.25) is 0 Å². The molecule has 1 aliphatic carbocycles. The Kier molecular flexibility index (Phi) is 1.85. The second-order valence-electron chi connectivity index (χ2n) is 3.07. The zero-order valence-electron chi connectivity index (χ0n) is 7.29. The minimum Gasteiger partial charge on any atom is -0.242 e. The topological polar surface area (TPSA) is 12.9 Å². The highest BCUT2D eigenvalue weighted by Crippen LogP contribution is 2.03. The predicted molar refractivity (Wildman–Crippen MR) is 53.4 cm³/mol. The van der Waals surface area contributed by atoms with Crippen molar-refractivity contribution in [2.24, 2.45) is 0 Å². The molecule has 0 bridgehead atoms. The number of hydrogen-bond donors (Lipinski definition) is 0. The fourth-order valence-electron chi connectivity index (χ4n) is 1.27. The molecule has 0 saturated heterocycles. The van der Waals surface area contributed by atoms with Gasteiger partial charge < -0.3 is 0 Å². The maximum absolute atomic E-state index is 4.43. The summed E-state index contributed by atoms with van der Waals surface area (Å²) in [6.07, 6.45) is 7.58. The Morgan fingerprint density at radius 1 is 1.33 bits per heavy atom. The van der Waals surface area contributed by atoms with E-state index in [1.807, 2.05) is 0 Å². The zero-order chi connectivity index (χ0) is 8.55. The molecule has 2 heteroatoms. The van der Waals surface area contributed by atoms with Gasteiger partial charge in [0.1, 0.15) is 0 Å². The summed E-state index contributed by atoms with van der Waals surface area (Å²) < 4.78 is 1.32. The molecule has 1 aromatic heterocycles. The second-order valence-corrected chi connectivity index (χ2v) is 4.31. The fraction of sp³-hybridized carbons (Fsp3) is 0.300. The van der Waals surface area contributed by atoms with E-state index in [1.54, 1.807) is 11.3 Å². The van der Waals surface area contributed by atoms with Crippen molar-refractivity contribution in [2.45, 2.75) is 20.3 Å². The van der Waals surface area contributed by atoms with Gasteiger partial charge in [0.2, 0.25) is 0 Å². The first kappa shape index (κ1) is 7.74. The van der Waals surface area contributed by atoms with E-state index < -0.39 is 0 Å². The Hall–Kier alpha value is -0.890. The van der Waals surface area contributed by atoms with E-state index in [0.29, 0.717) is 0 Å². The SMILES string of the molecule is CC1=CC=c2nc(C)sc2=CC1. The average molecular weight is 177 g/mol. The highest BCUT2D eigenvalue weighted by Gasteiger charge is 1.96. The van der Waals surface area contributed by atoms with Gasteiger partial charge in [-0.15, -0.1) is 11.3 Å². The summed E-state index contributed by atoms with van der Waals surface area (Å²) in [7, 11) is 0. The van der Waals surface area contributed by atoms with E-state index >= 15 is 0 Å². The Morgan fingerprint density at radius 3 is 3.00 bits per heavy atom. The van der Waals surface area contributed by atoms with Crippen LogP contribution in [0.3, 0.4) is 0 Å². The minimum atomic E-state index is 1.06. The van der Waals surface area contributed by atoms with Gasteiger partial charge in [-0.05, 0) is 26.3 Å². The lowest BCUT2D eigenvalue weighted by molar-refractivity contribution is 1.23. The normalized spacial score (nSPS) is 15.3. The van der Waals surface area contributed by atoms with Crippen molar-refractivity contribution in [1.82, 2.24) is 4.98 Å². The lowest BCUT2D eigenvalue weighted by Gasteiger charge is -1.87. The van der Waals surface area contributed by atoms with E-state index in [2.05, 4.69) is 37.1 Å². The molecule has 0 radical (unpaired) electrons. The molecule has 0 fully saturated rings. The first-order valence-electron chi connectivity index (χ1n) is 4.07. The summed E-state index contributed by atoms with van der Waals surface area (Å²) in [5.41, 5.74) is 1.40. The molecule has 0 unspecified atom stereocenters.